The fraction of sp³-hybridized carbons (Fsp3) is 0.667. The third kappa shape index (κ3) is 4.06. The zero-order valence-electron chi connectivity index (χ0n) is 12.9. The standard InChI is InChI=1S/C15H24N2O4/c1-4-17-7-8-20-12(9-17)14(18)16-10-15(3,19)13-6-5-11(2)21-13/h5-6,12,19H,4,7-10H2,1-3H3,(H,16,18). The molecule has 1 aromatic heterocycles. The Morgan fingerprint density at radius 3 is 2.95 bits per heavy atom. The van der Waals surface area contributed by atoms with Crippen LogP contribution in [0, 0.1) is 6.92 Å². The van der Waals surface area contributed by atoms with Gasteiger partial charge in [-0.05, 0) is 32.5 Å². The Bertz CT molecular complexity index is 484. The average molecular weight is 296 g/mol. The van der Waals surface area contributed by atoms with E-state index in [0.29, 0.717) is 18.9 Å². The van der Waals surface area contributed by atoms with Crippen LogP contribution in [0.15, 0.2) is 16.5 Å². The summed E-state index contributed by atoms with van der Waals surface area (Å²) in [5.41, 5.74) is -1.23. The van der Waals surface area contributed by atoms with Crippen LogP contribution in [-0.4, -0.2) is 54.8 Å². The quantitative estimate of drug-likeness (QED) is 0.834. The van der Waals surface area contributed by atoms with E-state index < -0.39 is 11.7 Å². The summed E-state index contributed by atoms with van der Waals surface area (Å²) >= 11 is 0. The fourth-order valence-electron chi connectivity index (χ4n) is 2.33. The molecule has 1 aromatic rings. The van der Waals surface area contributed by atoms with Gasteiger partial charge in [0.2, 0.25) is 0 Å². The monoisotopic (exact) mass is 296 g/mol. The van der Waals surface area contributed by atoms with E-state index in [4.69, 9.17) is 9.15 Å². The van der Waals surface area contributed by atoms with Crippen LogP contribution >= 0.6 is 0 Å². The second-order valence-electron chi connectivity index (χ2n) is 5.65. The van der Waals surface area contributed by atoms with Crippen LogP contribution < -0.4 is 5.32 Å². The van der Waals surface area contributed by atoms with E-state index in [1.54, 1.807) is 19.1 Å². The van der Waals surface area contributed by atoms with Crippen LogP contribution in [0.25, 0.3) is 0 Å². The largest absolute Gasteiger partial charge is 0.463 e. The molecule has 2 N–H and O–H groups in total. The van der Waals surface area contributed by atoms with E-state index in [9.17, 15) is 9.90 Å². The van der Waals surface area contributed by atoms with Gasteiger partial charge in [0.15, 0.2) is 0 Å². The lowest BCUT2D eigenvalue weighted by atomic mass is 10.0. The van der Waals surface area contributed by atoms with Gasteiger partial charge < -0.3 is 19.6 Å². The van der Waals surface area contributed by atoms with Crippen LogP contribution in [-0.2, 0) is 15.1 Å². The summed E-state index contributed by atoms with van der Waals surface area (Å²) in [7, 11) is 0. The van der Waals surface area contributed by atoms with Crippen molar-refractivity contribution in [2.75, 3.05) is 32.8 Å². The molecule has 1 aliphatic heterocycles. The van der Waals surface area contributed by atoms with Crippen LogP contribution in [0.3, 0.4) is 0 Å². The molecular formula is C15H24N2O4. The molecule has 1 amide bonds. The Labute approximate surface area is 125 Å². The highest BCUT2D eigenvalue weighted by atomic mass is 16.5. The van der Waals surface area contributed by atoms with Gasteiger partial charge in [-0.25, -0.2) is 0 Å². The molecule has 0 spiro atoms. The number of carbonyl (C=O) groups excluding carboxylic acids is 1. The lowest BCUT2D eigenvalue weighted by molar-refractivity contribution is -0.139. The molecule has 6 nitrogen and oxygen atoms in total. The Morgan fingerprint density at radius 1 is 1.57 bits per heavy atom. The molecule has 2 unspecified atom stereocenters. The summed E-state index contributed by atoms with van der Waals surface area (Å²) in [5.74, 6) is 0.975. The van der Waals surface area contributed by atoms with Gasteiger partial charge in [0.1, 0.15) is 23.2 Å². The first-order valence-corrected chi connectivity index (χ1v) is 7.33. The van der Waals surface area contributed by atoms with Gasteiger partial charge in [0, 0.05) is 13.1 Å². The third-order valence-corrected chi connectivity index (χ3v) is 3.77. The Balaban J connectivity index is 1.88. The predicted octanol–water partition coefficient (Wildman–Crippen LogP) is 0.632. The van der Waals surface area contributed by atoms with Crippen molar-refractivity contribution >= 4 is 5.91 Å². The Hall–Kier alpha value is -1.37. The molecule has 2 heterocycles. The second kappa shape index (κ2) is 6.60. The molecule has 6 heteroatoms. The highest BCUT2D eigenvalue weighted by Crippen LogP contribution is 2.22. The number of nitrogens with zero attached hydrogens (tertiary/aromatic N) is 1. The summed E-state index contributed by atoms with van der Waals surface area (Å²) in [5, 5.41) is 13.1. The number of morpholine rings is 1. The number of aryl methyl sites for hydroxylation is 1. The SMILES string of the molecule is CCN1CCOC(C(=O)NCC(C)(O)c2ccc(C)o2)C1. The first-order valence-electron chi connectivity index (χ1n) is 7.33. The topological polar surface area (TPSA) is 74.9 Å². The summed E-state index contributed by atoms with van der Waals surface area (Å²) in [4.78, 5) is 14.3. The molecule has 0 saturated carbocycles. The third-order valence-electron chi connectivity index (χ3n) is 3.77. The van der Waals surface area contributed by atoms with E-state index >= 15 is 0 Å². The number of amides is 1. The number of likely N-dealkylation sites (N-methyl/N-ethyl adjacent to an activating group) is 1. The number of nitrogens with one attached hydrogen (secondary N) is 1. The van der Waals surface area contributed by atoms with Crippen molar-refractivity contribution in [3.8, 4) is 0 Å². The first-order chi connectivity index (χ1) is 9.92. The molecule has 2 atom stereocenters. The molecule has 2 rings (SSSR count). The molecule has 0 aliphatic carbocycles. The van der Waals surface area contributed by atoms with Gasteiger partial charge in [0.05, 0.1) is 13.2 Å². The second-order valence-corrected chi connectivity index (χ2v) is 5.65. The van der Waals surface area contributed by atoms with Crippen molar-refractivity contribution in [2.45, 2.75) is 32.5 Å². The molecule has 1 aliphatic rings. The summed E-state index contributed by atoms with van der Waals surface area (Å²) < 4.78 is 10.9. The van der Waals surface area contributed by atoms with Gasteiger partial charge in [-0.1, -0.05) is 6.92 Å². The van der Waals surface area contributed by atoms with E-state index in [2.05, 4.69) is 17.1 Å². The van der Waals surface area contributed by atoms with Crippen molar-refractivity contribution in [3.63, 3.8) is 0 Å². The zero-order chi connectivity index (χ0) is 15.5. The molecule has 21 heavy (non-hydrogen) atoms. The van der Waals surface area contributed by atoms with Gasteiger partial charge in [0.25, 0.3) is 5.91 Å². The molecule has 0 radical (unpaired) electrons. The predicted molar refractivity (Wildman–Crippen MR) is 77.9 cm³/mol. The molecule has 0 bridgehead atoms. The number of hydrogen-bond donors (Lipinski definition) is 2. The molecule has 1 saturated heterocycles. The summed E-state index contributed by atoms with van der Waals surface area (Å²) in [6.45, 7) is 8.47. The van der Waals surface area contributed by atoms with Crippen molar-refractivity contribution in [1.29, 1.82) is 0 Å². The van der Waals surface area contributed by atoms with Gasteiger partial charge in [-0.15, -0.1) is 0 Å². The van der Waals surface area contributed by atoms with Crippen molar-refractivity contribution < 1.29 is 19.1 Å². The van der Waals surface area contributed by atoms with Crippen LogP contribution in [0.4, 0.5) is 0 Å². The average Bonchev–Trinajstić information content (AvgIpc) is 2.92. The molecule has 1 fully saturated rings. The normalized spacial score (nSPS) is 22.8. The highest BCUT2D eigenvalue weighted by Gasteiger charge is 2.30. The van der Waals surface area contributed by atoms with Crippen molar-refractivity contribution in [2.24, 2.45) is 0 Å². The minimum atomic E-state index is -1.23. The molecule has 0 aromatic carbocycles. The van der Waals surface area contributed by atoms with Crippen LogP contribution in [0.5, 0.6) is 0 Å². The highest BCUT2D eigenvalue weighted by molar-refractivity contribution is 5.81. The zero-order valence-corrected chi connectivity index (χ0v) is 12.9. The lowest BCUT2D eigenvalue weighted by Gasteiger charge is -2.31. The van der Waals surface area contributed by atoms with Gasteiger partial charge in [-0.3, -0.25) is 9.69 Å². The van der Waals surface area contributed by atoms with E-state index in [0.717, 1.165) is 18.8 Å². The minimum absolute atomic E-state index is 0.0881. The lowest BCUT2D eigenvalue weighted by Crippen LogP contribution is -2.51. The van der Waals surface area contributed by atoms with Crippen molar-refractivity contribution in [1.82, 2.24) is 10.2 Å². The number of rotatable bonds is 5. The van der Waals surface area contributed by atoms with Gasteiger partial charge >= 0.3 is 0 Å². The fourth-order valence-corrected chi connectivity index (χ4v) is 2.33. The van der Waals surface area contributed by atoms with Crippen molar-refractivity contribution in [3.05, 3.63) is 23.7 Å². The van der Waals surface area contributed by atoms with E-state index in [1.807, 2.05) is 6.92 Å². The maximum absolute atomic E-state index is 12.1. The number of hydrogen-bond acceptors (Lipinski definition) is 5. The Morgan fingerprint density at radius 2 is 2.33 bits per heavy atom. The minimum Gasteiger partial charge on any atom is -0.463 e. The number of ether oxygens (including phenoxy) is 1. The maximum Gasteiger partial charge on any atom is 0.250 e. The smallest absolute Gasteiger partial charge is 0.250 e. The van der Waals surface area contributed by atoms with E-state index in [1.165, 1.54) is 0 Å². The molecule has 118 valence electrons. The summed E-state index contributed by atoms with van der Waals surface area (Å²) in [6, 6.07) is 3.51. The number of furan rings is 1. The van der Waals surface area contributed by atoms with Crippen LogP contribution in [0.2, 0.25) is 0 Å². The van der Waals surface area contributed by atoms with E-state index in [-0.39, 0.29) is 12.5 Å². The number of carbonyl (C=O) groups is 1. The van der Waals surface area contributed by atoms with Gasteiger partial charge in [-0.2, -0.15) is 0 Å². The first kappa shape index (κ1) is 16.0. The summed E-state index contributed by atoms with van der Waals surface area (Å²) in [6.07, 6.45) is -0.479. The molecular weight excluding hydrogens is 272 g/mol. The van der Waals surface area contributed by atoms with Crippen LogP contribution in [0.1, 0.15) is 25.4 Å². The Kier molecular flexibility index (Phi) is 5.03. The maximum atomic E-state index is 12.1. The number of aliphatic hydroxyl groups is 1.